The van der Waals surface area contributed by atoms with E-state index < -0.39 is 25.8 Å². The van der Waals surface area contributed by atoms with Gasteiger partial charge in [-0.25, -0.2) is 4.57 Å². The third kappa shape index (κ3) is 4.91. The molecule has 1 unspecified atom stereocenters. The van der Waals surface area contributed by atoms with Crippen LogP contribution in [-0.4, -0.2) is 20.9 Å². The van der Waals surface area contributed by atoms with Gasteiger partial charge in [0.25, 0.3) is 0 Å². The smallest absolute Gasteiger partial charge is 0.303 e. The molecule has 1 aromatic heterocycles. The maximum Gasteiger partial charge on any atom is 0.470 e. The summed E-state index contributed by atoms with van der Waals surface area (Å²) in [5, 5.41) is 0. The molecular formula is C10H13F3NO4P. The molecule has 1 aromatic rings. The minimum absolute atomic E-state index is 0.0774. The Kier molecular flexibility index (Phi) is 4.73. The van der Waals surface area contributed by atoms with Gasteiger partial charge in [-0.1, -0.05) is 19.9 Å². The largest absolute Gasteiger partial charge is 0.470 e. The van der Waals surface area contributed by atoms with Crippen molar-refractivity contribution in [2.24, 2.45) is 0 Å². The first-order valence-corrected chi connectivity index (χ1v) is 6.80. The number of phosphoric acid groups is 1. The van der Waals surface area contributed by atoms with Gasteiger partial charge in [-0.15, -0.1) is 0 Å². The number of hydrogen-bond acceptors (Lipinski definition) is 3. The third-order valence-electron chi connectivity index (χ3n) is 2.28. The van der Waals surface area contributed by atoms with Crippen molar-refractivity contribution in [1.29, 1.82) is 0 Å². The van der Waals surface area contributed by atoms with E-state index in [4.69, 9.17) is 9.79 Å². The van der Waals surface area contributed by atoms with E-state index in [9.17, 15) is 17.7 Å². The Morgan fingerprint density at radius 1 is 1.32 bits per heavy atom. The van der Waals surface area contributed by atoms with Crippen LogP contribution >= 0.6 is 7.82 Å². The third-order valence-corrected chi connectivity index (χ3v) is 2.77. The van der Waals surface area contributed by atoms with Crippen LogP contribution in [0.25, 0.3) is 0 Å². The lowest BCUT2D eigenvalue weighted by Gasteiger charge is -2.20. The number of alkyl halides is 3. The Morgan fingerprint density at radius 2 is 1.89 bits per heavy atom. The molecule has 0 aliphatic heterocycles. The summed E-state index contributed by atoms with van der Waals surface area (Å²) < 4.78 is 52.4. The van der Waals surface area contributed by atoms with Gasteiger partial charge in [-0.3, -0.25) is 9.51 Å². The Hall–Kier alpha value is -0.950. The van der Waals surface area contributed by atoms with Crippen LogP contribution in [-0.2, 0) is 9.09 Å². The molecule has 2 N–H and O–H groups in total. The highest BCUT2D eigenvalue weighted by Gasteiger charge is 2.46. The molecule has 0 amide bonds. The van der Waals surface area contributed by atoms with Gasteiger partial charge in [0.1, 0.15) is 0 Å². The van der Waals surface area contributed by atoms with Crippen molar-refractivity contribution in [3.63, 3.8) is 0 Å². The van der Waals surface area contributed by atoms with Crippen LogP contribution in [0.4, 0.5) is 13.2 Å². The lowest BCUT2D eigenvalue weighted by atomic mass is 10.1. The average molecular weight is 299 g/mol. The van der Waals surface area contributed by atoms with Crippen molar-refractivity contribution in [1.82, 2.24) is 4.98 Å². The Bertz CT molecular complexity index is 469. The summed E-state index contributed by atoms with van der Waals surface area (Å²) in [6, 6.07) is 2.46. The fourth-order valence-corrected chi connectivity index (χ4v) is 1.83. The number of halogens is 3. The molecular weight excluding hydrogens is 286 g/mol. The van der Waals surface area contributed by atoms with Crippen LogP contribution in [0.3, 0.4) is 0 Å². The first kappa shape index (κ1) is 16.1. The number of rotatable bonds is 4. The molecule has 1 heterocycles. The molecule has 9 heteroatoms. The summed E-state index contributed by atoms with van der Waals surface area (Å²) in [4.78, 5) is 20.6. The predicted molar refractivity (Wildman–Crippen MR) is 60.3 cm³/mol. The minimum Gasteiger partial charge on any atom is -0.303 e. The van der Waals surface area contributed by atoms with E-state index in [0.29, 0.717) is 5.56 Å². The zero-order valence-electron chi connectivity index (χ0n) is 10.1. The second-order valence-corrected chi connectivity index (χ2v) is 5.38. The first-order chi connectivity index (χ1) is 8.50. The van der Waals surface area contributed by atoms with Crippen LogP contribution in [0.15, 0.2) is 18.3 Å². The van der Waals surface area contributed by atoms with Crippen LogP contribution in [0.2, 0.25) is 0 Å². The molecule has 108 valence electrons. The molecule has 0 fully saturated rings. The van der Waals surface area contributed by atoms with Crippen molar-refractivity contribution >= 4 is 7.82 Å². The number of aromatic nitrogens is 1. The van der Waals surface area contributed by atoms with Gasteiger partial charge in [0.15, 0.2) is 0 Å². The van der Waals surface area contributed by atoms with E-state index in [-0.39, 0.29) is 5.92 Å². The number of phosphoric ester groups is 1. The number of pyridine rings is 1. The van der Waals surface area contributed by atoms with Crippen molar-refractivity contribution in [3.8, 4) is 0 Å². The van der Waals surface area contributed by atoms with Gasteiger partial charge in [-0.05, 0) is 17.5 Å². The molecule has 5 nitrogen and oxygen atoms in total. The van der Waals surface area contributed by atoms with E-state index >= 15 is 0 Å². The average Bonchev–Trinajstić information content (AvgIpc) is 2.23. The summed E-state index contributed by atoms with van der Waals surface area (Å²) >= 11 is 0. The standard InChI is InChI=1S/C10H13F3NO4P/c1-6(2)7-3-4-8(14-5-7)9(10(11,12)13)18-19(15,16)17/h3-6,9H,1-2H3,(H2,15,16,17). The molecule has 0 radical (unpaired) electrons. The van der Waals surface area contributed by atoms with E-state index in [2.05, 4.69) is 9.51 Å². The summed E-state index contributed by atoms with van der Waals surface area (Å²) in [7, 11) is -5.27. The van der Waals surface area contributed by atoms with Gasteiger partial charge in [0, 0.05) is 6.20 Å². The number of hydrogen-bond donors (Lipinski definition) is 2. The fourth-order valence-electron chi connectivity index (χ4n) is 1.33. The summed E-state index contributed by atoms with van der Waals surface area (Å²) in [5.74, 6) is 0.0774. The zero-order chi connectivity index (χ0) is 14.8. The minimum atomic E-state index is -5.27. The maximum absolute atomic E-state index is 12.7. The molecule has 0 aromatic carbocycles. The van der Waals surface area contributed by atoms with Gasteiger partial charge in [0.2, 0.25) is 6.10 Å². The molecule has 0 saturated heterocycles. The molecule has 19 heavy (non-hydrogen) atoms. The topological polar surface area (TPSA) is 79.7 Å². The Labute approximate surface area is 107 Å². The van der Waals surface area contributed by atoms with Crippen molar-refractivity contribution in [2.75, 3.05) is 0 Å². The Morgan fingerprint density at radius 3 is 2.21 bits per heavy atom. The first-order valence-electron chi connectivity index (χ1n) is 5.27. The summed E-state index contributed by atoms with van der Waals surface area (Å²) in [6.07, 6.45) is -6.50. The number of nitrogens with zero attached hydrogens (tertiary/aromatic N) is 1. The lowest BCUT2D eigenvalue weighted by Crippen LogP contribution is -2.23. The van der Waals surface area contributed by atoms with Crippen LogP contribution < -0.4 is 0 Å². The molecule has 0 saturated carbocycles. The highest BCUT2D eigenvalue weighted by Crippen LogP contribution is 2.48. The lowest BCUT2D eigenvalue weighted by molar-refractivity contribution is -0.203. The van der Waals surface area contributed by atoms with Gasteiger partial charge >= 0.3 is 14.0 Å². The van der Waals surface area contributed by atoms with Crippen molar-refractivity contribution in [3.05, 3.63) is 29.6 Å². The van der Waals surface area contributed by atoms with E-state index in [1.54, 1.807) is 0 Å². The zero-order valence-corrected chi connectivity index (χ0v) is 11.0. The van der Waals surface area contributed by atoms with Gasteiger partial charge in [-0.2, -0.15) is 13.2 Å². The maximum atomic E-state index is 12.7. The quantitative estimate of drug-likeness (QED) is 0.836. The highest BCUT2D eigenvalue weighted by atomic mass is 31.2. The summed E-state index contributed by atoms with van der Waals surface area (Å²) in [5.41, 5.74) is 0.112. The van der Waals surface area contributed by atoms with E-state index in [1.165, 1.54) is 12.3 Å². The Balaban J connectivity index is 3.08. The van der Waals surface area contributed by atoms with Crippen LogP contribution in [0.5, 0.6) is 0 Å². The molecule has 0 bridgehead atoms. The monoisotopic (exact) mass is 299 g/mol. The van der Waals surface area contributed by atoms with Crippen LogP contribution in [0, 0.1) is 0 Å². The molecule has 0 aliphatic rings. The molecule has 0 spiro atoms. The second kappa shape index (κ2) is 5.58. The summed E-state index contributed by atoms with van der Waals surface area (Å²) in [6.45, 7) is 3.67. The fraction of sp³-hybridized carbons (Fsp3) is 0.500. The SMILES string of the molecule is CC(C)c1ccc(C(OP(=O)(O)O)C(F)(F)F)nc1. The normalized spacial score (nSPS) is 14.7. The van der Waals surface area contributed by atoms with E-state index in [0.717, 1.165) is 6.07 Å². The van der Waals surface area contributed by atoms with Gasteiger partial charge in [0.05, 0.1) is 5.69 Å². The van der Waals surface area contributed by atoms with Crippen molar-refractivity contribution < 1.29 is 32.0 Å². The second-order valence-electron chi connectivity index (χ2n) is 4.19. The molecule has 1 atom stereocenters. The predicted octanol–water partition coefficient (Wildman–Crippen LogP) is 2.92. The van der Waals surface area contributed by atoms with Crippen molar-refractivity contribution in [2.45, 2.75) is 32.0 Å². The van der Waals surface area contributed by atoms with Gasteiger partial charge < -0.3 is 9.79 Å². The van der Waals surface area contributed by atoms with E-state index in [1.807, 2.05) is 13.8 Å². The molecule has 0 aliphatic carbocycles. The molecule has 1 rings (SSSR count). The highest BCUT2D eigenvalue weighted by molar-refractivity contribution is 7.46. The van der Waals surface area contributed by atoms with Crippen LogP contribution in [0.1, 0.15) is 37.1 Å².